The smallest absolute Gasteiger partial charge is 0.336 e. The second-order valence-electron chi connectivity index (χ2n) is 6.28. The SMILES string of the molecule is CCn1nc(C(C)(F)F)nc1Cc1ccc(-c2ccccc2)c(C(=O)O)c1. The third kappa shape index (κ3) is 4.02. The Balaban J connectivity index is 1.98. The summed E-state index contributed by atoms with van der Waals surface area (Å²) in [7, 11) is 0. The van der Waals surface area contributed by atoms with Gasteiger partial charge in [-0.3, -0.25) is 0 Å². The molecule has 0 radical (unpaired) electrons. The fourth-order valence-corrected chi connectivity index (χ4v) is 2.87. The van der Waals surface area contributed by atoms with Crippen molar-refractivity contribution in [3.05, 3.63) is 71.3 Å². The van der Waals surface area contributed by atoms with Crippen LogP contribution >= 0.6 is 0 Å². The van der Waals surface area contributed by atoms with Crippen molar-refractivity contribution < 1.29 is 18.7 Å². The topological polar surface area (TPSA) is 68.0 Å². The summed E-state index contributed by atoms with van der Waals surface area (Å²) in [5.41, 5.74) is 2.22. The van der Waals surface area contributed by atoms with Crippen LogP contribution in [-0.2, 0) is 18.9 Å². The van der Waals surface area contributed by atoms with E-state index in [0.717, 1.165) is 12.5 Å². The molecule has 0 saturated carbocycles. The Labute approximate surface area is 155 Å². The maximum Gasteiger partial charge on any atom is 0.336 e. The molecule has 7 heteroatoms. The molecule has 0 amide bonds. The highest BCUT2D eigenvalue weighted by Gasteiger charge is 2.31. The molecule has 1 heterocycles. The number of rotatable bonds is 6. The van der Waals surface area contributed by atoms with Gasteiger partial charge in [-0.1, -0.05) is 42.5 Å². The van der Waals surface area contributed by atoms with Gasteiger partial charge in [-0.25, -0.2) is 14.5 Å². The molecule has 0 spiro atoms. The summed E-state index contributed by atoms with van der Waals surface area (Å²) in [6, 6.07) is 14.3. The van der Waals surface area contributed by atoms with E-state index < -0.39 is 17.7 Å². The number of nitrogens with zero attached hydrogens (tertiary/aromatic N) is 3. The number of carboxylic acids is 1. The highest BCUT2D eigenvalue weighted by molar-refractivity contribution is 5.96. The number of aromatic carboxylic acids is 1. The van der Waals surface area contributed by atoms with E-state index in [-0.39, 0.29) is 12.0 Å². The Morgan fingerprint density at radius 1 is 1.19 bits per heavy atom. The lowest BCUT2D eigenvalue weighted by atomic mass is 9.96. The molecule has 0 aliphatic carbocycles. The molecule has 0 bridgehead atoms. The average Bonchev–Trinajstić information content (AvgIpc) is 3.05. The minimum atomic E-state index is -3.13. The van der Waals surface area contributed by atoms with Crippen LogP contribution in [0.15, 0.2) is 48.5 Å². The lowest BCUT2D eigenvalue weighted by molar-refractivity contribution is 0.00754. The number of halogens is 2. The van der Waals surface area contributed by atoms with Gasteiger partial charge in [0.1, 0.15) is 5.82 Å². The molecule has 3 rings (SSSR count). The molecule has 0 saturated heterocycles. The van der Waals surface area contributed by atoms with Crippen LogP contribution in [0.3, 0.4) is 0 Å². The van der Waals surface area contributed by atoms with Crippen molar-refractivity contribution in [2.75, 3.05) is 0 Å². The molecule has 0 fully saturated rings. The minimum Gasteiger partial charge on any atom is -0.478 e. The number of hydrogen-bond acceptors (Lipinski definition) is 3. The van der Waals surface area contributed by atoms with Crippen LogP contribution in [0.5, 0.6) is 0 Å². The zero-order chi connectivity index (χ0) is 19.6. The first-order valence-electron chi connectivity index (χ1n) is 8.53. The Hall–Kier alpha value is -3.09. The molecule has 3 aromatic rings. The van der Waals surface area contributed by atoms with Crippen molar-refractivity contribution in [1.82, 2.24) is 14.8 Å². The van der Waals surface area contributed by atoms with E-state index in [9.17, 15) is 18.7 Å². The lowest BCUT2D eigenvalue weighted by Gasteiger charge is -2.09. The second-order valence-corrected chi connectivity index (χ2v) is 6.28. The number of aromatic nitrogens is 3. The van der Waals surface area contributed by atoms with Gasteiger partial charge in [0.15, 0.2) is 0 Å². The summed E-state index contributed by atoms with van der Waals surface area (Å²) in [5, 5.41) is 13.5. The molecule has 0 aliphatic rings. The largest absolute Gasteiger partial charge is 0.478 e. The lowest BCUT2D eigenvalue weighted by Crippen LogP contribution is -2.10. The third-order valence-corrected chi connectivity index (χ3v) is 4.20. The zero-order valence-corrected chi connectivity index (χ0v) is 15.0. The van der Waals surface area contributed by atoms with Crippen LogP contribution in [0.4, 0.5) is 8.78 Å². The minimum absolute atomic E-state index is 0.155. The van der Waals surface area contributed by atoms with Crippen LogP contribution in [0, 0.1) is 0 Å². The summed E-state index contributed by atoms with van der Waals surface area (Å²) < 4.78 is 28.5. The van der Waals surface area contributed by atoms with E-state index in [4.69, 9.17) is 0 Å². The van der Waals surface area contributed by atoms with Gasteiger partial charge in [0.2, 0.25) is 5.82 Å². The van der Waals surface area contributed by atoms with Crippen LogP contribution < -0.4 is 0 Å². The molecule has 140 valence electrons. The molecular weight excluding hydrogens is 352 g/mol. The molecule has 1 N–H and O–H groups in total. The maximum absolute atomic E-state index is 13.5. The van der Waals surface area contributed by atoms with Crippen molar-refractivity contribution in [3.63, 3.8) is 0 Å². The first kappa shape index (κ1) is 18.7. The number of aryl methyl sites for hydroxylation is 1. The van der Waals surface area contributed by atoms with Gasteiger partial charge >= 0.3 is 11.9 Å². The van der Waals surface area contributed by atoms with Crippen LogP contribution in [0.25, 0.3) is 11.1 Å². The van der Waals surface area contributed by atoms with E-state index in [0.29, 0.717) is 23.5 Å². The Morgan fingerprint density at radius 3 is 2.48 bits per heavy atom. The van der Waals surface area contributed by atoms with Crippen LogP contribution in [0.1, 0.15) is 41.4 Å². The van der Waals surface area contributed by atoms with E-state index >= 15 is 0 Å². The van der Waals surface area contributed by atoms with Gasteiger partial charge in [0, 0.05) is 19.9 Å². The van der Waals surface area contributed by atoms with E-state index in [1.807, 2.05) is 30.3 Å². The maximum atomic E-state index is 13.5. The number of carbonyl (C=O) groups is 1. The zero-order valence-electron chi connectivity index (χ0n) is 15.0. The van der Waals surface area contributed by atoms with Crippen molar-refractivity contribution in [1.29, 1.82) is 0 Å². The van der Waals surface area contributed by atoms with Gasteiger partial charge < -0.3 is 5.11 Å². The molecule has 0 unspecified atom stereocenters. The monoisotopic (exact) mass is 371 g/mol. The number of benzene rings is 2. The molecule has 1 aromatic heterocycles. The Bertz CT molecular complexity index is 963. The van der Waals surface area contributed by atoms with Gasteiger partial charge in [0.05, 0.1) is 5.56 Å². The normalized spacial score (nSPS) is 11.6. The van der Waals surface area contributed by atoms with Crippen molar-refractivity contribution in [2.45, 2.75) is 32.7 Å². The predicted molar refractivity (Wildman–Crippen MR) is 96.9 cm³/mol. The predicted octanol–water partition coefficient (Wildman–Crippen LogP) is 4.37. The fraction of sp³-hybridized carbons (Fsp3) is 0.250. The summed E-state index contributed by atoms with van der Waals surface area (Å²) in [5.74, 6) is -4.33. The molecule has 0 atom stereocenters. The van der Waals surface area contributed by atoms with E-state index in [1.165, 1.54) is 4.68 Å². The second kappa shape index (κ2) is 7.26. The van der Waals surface area contributed by atoms with Gasteiger partial charge in [-0.2, -0.15) is 8.78 Å². The molecule has 27 heavy (non-hydrogen) atoms. The number of hydrogen-bond donors (Lipinski definition) is 1. The molecule has 5 nitrogen and oxygen atoms in total. The summed E-state index contributed by atoms with van der Waals surface area (Å²) in [6.45, 7) is 2.94. The highest BCUT2D eigenvalue weighted by Crippen LogP contribution is 2.27. The van der Waals surface area contributed by atoms with Gasteiger partial charge in [-0.15, -0.1) is 5.10 Å². The fourth-order valence-electron chi connectivity index (χ4n) is 2.87. The van der Waals surface area contributed by atoms with Crippen molar-refractivity contribution in [2.24, 2.45) is 0 Å². The van der Waals surface area contributed by atoms with E-state index in [1.54, 1.807) is 25.1 Å². The summed E-state index contributed by atoms with van der Waals surface area (Å²) >= 11 is 0. The van der Waals surface area contributed by atoms with Crippen LogP contribution in [0.2, 0.25) is 0 Å². The Morgan fingerprint density at radius 2 is 1.89 bits per heavy atom. The average molecular weight is 371 g/mol. The molecule has 2 aromatic carbocycles. The van der Waals surface area contributed by atoms with Crippen molar-refractivity contribution in [3.8, 4) is 11.1 Å². The van der Waals surface area contributed by atoms with E-state index in [2.05, 4.69) is 10.1 Å². The number of carboxylic acid groups (broad SMARTS) is 1. The van der Waals surface area contributed by atoms with Gasteiger partial charge in [-0.05, 0) is 29.7 Å². The molecule has 0 aliphatic heterocycles. The Kier molecular flexibility index (Phi) is 5.03. The quantitative estimate of drug-likeness (QED) is 0.699. The van der Waals surface area contributed by atoms with Crippen LogP contribution in [-0.4, -0.2) is 25.8 Å². The standard InChI is InChI=1S/C20H19F2N3O2/c1-3-25-17(23-19(24-25)20(2,21)22)12-13-9-10-15(16(11-13)18(26)27)14-7-5-4-6-8-14/h4-11H,3,12H2,1-2H3,(H,26,27). The first-order chi connectivity index (χ1) is 12.8. The molecular formula is C20H19F2N3O2. The summed E-state index contributed by atoms with van der Waals surface area (Å²) in [4.78, 5) is 15.7. The van der Waals surface area contributed by atoms with Gasteiger partial charge in [0.25, 0.3) is 0 Å². The highest BCUT2D eigenvalue weighted by atomic mass is 19.3. The third-order valence-electron chi connectivity index (χ3n) is 4.20. The van der Waals surface area contributed by atoms with Crippen molar-refractivity contribution >= 4 is 5.97 Å². The first-order valence-corrected chi connectivity index (χ1v) is 8.53. The number of alkyl halides is 2. The summed E-state index contributed by atoms with van der Waals surface area (Å²) in [6.07, 6.45) is 0.215.